The van der Waals surface area contributed by atoms with E-state index < -0.39 is 27.7 Å². The van der Waals surface area contributed by atoms with E-state index in [0.717, 1.165) is 0 Å². The van der Waals surface area contributed by atoms with E-state index in [0.29, 0.717) is 11.4 Å². The molecule has 2 N–H and O–H groups in total. The number of sulfonamides is 1. The quantitative estimate of drug-likeness (QED) is 0.811. The monoisotopic (exact) mass is 273 g/mol. The van der Waals surface area contributed by atoms with Gasteiger partial charge in [0, 0.05) is 5.69 Å². The van der Waals surface area contributed by atoms with Gasteiger partial charge in [-0.2, -0.15) is 0 Å². The third-order valence-corrected chi connectivity index (χ3v) is 3.74. The van der Waals surface area contributed by atoms with Crippen molar-refractivity contribution in [3.63, 3.8) is 0 Å². The zero-order chi connectivity index (χ0) is 13.8. The number of anilines is 1. The Labute approximate surface area is 106 Å². The fraction of sp³-hybridized carbons (Fsp3) is 0.364. The van der Waals surface area contributed by atoms with Gasteiger partial charge in [-0.25, -0.2) is 8.42 Å². The van der Waals surface area contributed by atoms with Gasteiger partial charge in [-0.1, -0.05) is 6.92 Å². The van der Waals surface area contributed by atoms with Crippen molar-refractivity contribution in [3.8, 4) is 5.75 Å². The molecule has 6 nitrogen and oxygen atoms in total. The normalized spacial score (nSPS) is 12.8. The SMILES string of the molecule is COc1ccc(NS(=O)(=O)CC(C)C(=O)O)cc1. The van der Waals surface area contributed by atoms with E-state index in [2.05, 4.69) is 4.72 Å². The molecule has 0 spiro atoms. The molecule has 1 atom stereocenters. The molecule has 0 heterocycles. The van der Waals surface area contributed by atoms with E-state index >= 15 is 0 Å². The zero-order valence-corrected chi connectivity index (χ0v) is 10.9. The Balaban J connectivity index is 2.73. The number of methoxy groups -OCH3 is 1. The fourth-order valence-corrected chi connectivity index (χ4v) is 2.66. The number of carbonyl (C=O) groups is 1. The number of carboxylic acid groups (broad SMARTS) is 1. The van der Waals surface area contributed by atoms with Crippen LogP contribution in [0.4, 0.5) is 5.69 Å². The highest BCUT2D eigenvalue weighted by molar-refractivity contribution is 7.92. The molecule has 0 amide bonds. The lowest BCUT2D eigenvalue weighted by Crippen LogP contribution is -2.25. The van der Waals surface area contributed by atoms with E-state index in [1.807, 2.05) is 0 Å². The van der Waals surface area contributed by atoms with E-state index in [-0.39, 0.29) is 0 Å². The molecule has 1 aromatic carbocycles. The van der Waals surface area contributed by atoms with E-state index in [1.165, 1.54) is 14.0 Å². The summed E-state index contributed by atoms with van der Waals surface area (Å²) in [5, 5.41) is 8.67. The first-order valence-electron chi connectivity index (χ1n) is 5.21. The molecule has 0 aliphatic carbocycles. The number of rotatable bonds is 6. The van der Waals surface area contributed by atoms with Crippen molar-refractivity contribution in [2.45, 2.75) is 6.92 Å². The molecule has 18 heavy (non-hydrogen) atoms. The van der Waals surface area contributed by atoms with Gasteiger partial charge in [0.2, 0.25) is 10.0 Å². The van der Waals surface area contributed by atoms with E-state index in [1.54, 1.807) is 24.3 Å². The highest BCUT2D eigenvalue weighted by atomic mass is 32.2. The molecule has 100 valence electrons. The van der Waals surface area contributed by atoms with Crippen LogP contribution in [0.1, 0.15) is 6.92 Å². The van der Waals surface area contributed by atoms with Crippen molar-refractivity contribution in [3.05, 3.63) is 24.3 Å². The summed E-state index contributed by atoms with van der Waals surface area (Å²) >= 11 is 0. The summed E-state index contributed by atoms with van der Waals surface area (Å²) < 4.78 is 30.6. The third kappa shape index (κ3) is 4.25. The summed E-state index contributed by atoms with van der Waals surface area (Å²) in [6.07, 6.45) is 0. The number of aliphatic carboxylic acids is 1. The second-order valence-electron chi connectivity index (χ2n) is 3.85. The van der Waals surface area contributed by atoms with Gasteiger partial charge < -0.3 is 9.84 Å². The lowest BCUT2D eigenvalue weighted by atomic mass is 10.2. The van der Waals surface area contributed by atoms with Crippen LogP contribution in [0.2, 0.25) is 0 Å². The van der Waals surface area contributed by atoms with Crippen molar-refractivity contribution in [2.24, 2.45) is 5.92 Å². The average Bonchev–Trinajstić information content (AvgIpc) is 2.28. The Morgan fingerprint density at radius 2 is 1.94 bits per heavy atom. The molecular weight excluding hydrogens is 258 g/mol. The molecular formula is C11H15NO5S. The number of hydrogen-bond acceptors (Lipinski definition) is 4. The Kier molecular flexibility index (Phi) is 4.55. The maximum Gasteiger partial charge on any atom is 0.307 e. The zero-order valence-electron chi connectivity index (χ0n) is 10.1. The molecule has 0 saturated heterocycles. The van der Waals surface area contributed by atoms with Crippen LogP contribution in [-0.2, 0) is 14.8 Å². The van der Waals surface area contributed by atoms with Crippen molar-refractivity contribution >= 4 is 21.7 Å². The molecule has 0 aliphatic rings. The Bertz CT molecular complexity index is 509. The smallest absolute Gasteiger partial charge is 0.307 e. The van der Waals surface area contributed by atoms with Crippen LogP contribution in [0.25, 0.3) is 0 Å². The lowest BCUT2D eigenvalue weighted by molar-refractivity contribution is -0.140. The minimum absolute atomic E-state index is 0.369. The predicted octanol–water partition coefficient (Wildman–Crippen LogP) is 1.16. The van der Waals surface area contributed by atoms with Crippen molar-refractivity contribution in [2.75, 3.05) is 17.6 Å². The number of nitrogens with one attached hydrogen (secondary N) is 1. The Hall–Kier alpha value is -1.76. The summed E-state index contributed by atoms with van der Waals surface area (Å²) in [4.78, 5) is 10.6. The third-order valence-electron chi connectivity index (χ3n) is 2.25. The van der Waals surface area contributed by atoms with Crippen LogP contribution in [0.15, 0.2) is 24.3 Å². The van der Waals surface area contributed by atoms with E-state index in [4.69, 9.17) is 9.84 Å². The highest BCUT2D eigenvalue weighted by Gasteiger charge is 2.20. The van der Waals surface area contributed by atoms with Crippen LogP contribution >= 0.6 is 0 Å². The molecule has 1 unspecified atom stereocenters. The first-order chi connectivity index (χ1) is 8.34. The van der Waals surface area contributed by atoms with Gasteiger partial charge >= 0.3 is 5.97 Å². The topological polar surface area (TPSA) is 92.7 Å². The van der Waals surface area contributed by atoms with Crippen LogP contribution < -0.4 is 9.46 Å². The maximum atomic E-state index is 11.7. The number of hydrogen-bond donors (Lipinski definition) is 2. The van der Waals surface area contributed by atoms with Crippen molar-refractivity contribution in [1.82, 2.24) is 0 Å². The average molecular weight is 273 g/mol. The molecule has 0 radical (unpaired) electrons. The van der Waals surface area contributed by atoms with Gasteiger partial charge in [-0.05, 0) is 24.3 Å². The summed E-state index contributed by atoms with van der Waals surface area (Å²) in [6, 6.07) is 6.31. The van der Waals surface area contributed by atoms with Gasteiger partial charge in [-0.15, -0.1) is 0 Å². The summed E-state index contributed by atoms with van der Waals surface area (Å²) in [7, 11) is -2.16. The molecule has 7 heteroatoms. The number of ether oxygens (including phenoxy) is 1. The second kappa shape index (κ2) is 5.72. The molecule has 0 aromatic heterocycles. The Morgan fingerprint density at radius 3 is 2.39 bits per heavy atom. The Morgan fingerprint density at radius 1 is 1.39 bits per heavy atom. The van der Waals surface area contributed by atoms with Gasteiger partial charge in [0.15, 0.2) is 0 Å². The van der Waals surface area contributed by atoms with Gasteiger partial charge in [0.1, 0.15) is 5.75 Å². The summed E-state index contributed by atoms with van der Waals surface area (Å²) in [6.45, 7) is 1.34. The second-order valence-corrected chi connectivity index (χ2v) is 5.62. The first kappa shape index (κ1) is 14.3. The highest BCUT2D eigenvalue weighted by Crippen LogP contribution is 2.16. The van der Waals surface area contributed by atoms with Crippen LogP contribution in [-0.4, -0.2) is 32.4 Å². The van der Waals surface area contributed by atoms with Crippen LogP contribution in [0.5, 0.6) is 5.75 Å². The lowest BCUT2D eigenvalue weighted by Gasteiger charge is -2.10. The first-order valence-corrected chi connectivity index (χ1v) is 6.86. The minimum atomic E-state index is -3.67. The van der Waals surface area contributed by atoms with Crippen LogP contribution in [0, 0.1) is 5.92 Å². The molecule has 0 bridgehead atoms. The summed E-state index contributed by atoms with van der Waals surface area (Å²) in [5.74, 6) is -1.96. The number of carboxylic acids is 1. The molecule has 0 fully saturated rings. The largest absolute Gasteiger partial charge is 0.497 e. The van der Waals surface area contributed by atoms with E-state index in [9.17, 15) is 13.2 Å². The minimum Gasteiger partial charge on any atom is -0.497 e. The van der Waals surface area contributed by atoms with Gasteiger partial charge in [-0.3, -0.25) is 9.52 Å². The standard InChI is InChI=1S/C11H15NO5S/c1-8(11(13)14)7-18(15,16)12-9-3-5-10(17-2)6-4-9/h3-6,8,12H,7H2,1-2H3,(H,13,14). The molecule has 0 aliphatic heterocycles. The molecule has 1 rings (SSSR count). The van der Waals surface area contributed by atoms with Crippen molar-refractivity contribution < 1.29 is 23.1 Å². The van der Waals surface area contributed by atoms with Gasteiger partial charge in [0.25, 0.3) is 0 Å². The fourth-order valence-electron chi connectivity index (χ4n) is 1.28. The molecule has 1 aromatic rings. The van der Waals surface area contributed by atoms with Crippen molar-refractivity contribution in [1.29, 1.82) is 0 Å². The van der Waals surface area contributed by atoms with Gasteiger partial charge in [0.05, 0.1) is 18.8 Å². The molecule has 0 saturated carbocycles. The predicted molar refractivity (Wildman–Crippen MR) is 67.2 cm³/mol. The maximum absolute atomic E-state index is 11.7. The number of benzene rings is 1. The van der Waals surface area contributed by atoms with Crippen LogP contribution in [0.3, 0.4) is 0 Å². The summed E-state index contributed by atoms with van der Waals surface area (Å²) in [5.41, 5.74) is 0.369.